The number of nitro groups is 1. The van der Waals surface area contributed by atoms with Crippen LogP contribution in [0.25, 0.3) is 0 Å². The van der Waals surface area contributed by atoms with Gasteiger partial charge >= 0.3 is 0 Å². The van der Waals surface area contributed by atoms with Crippen LogP contribution >= 0.6 is 0 Å². The number of piperazine rings is 1. The van der Waals surface area contributed by atoms with E-state index in [1.54, 1.807) is 13.0 Å². The highest BCUT2D eigenvalue weighted by Crippen LogP contribution is 2.30. The highest BCUT2D eigenvalue weighted by molar-refractivity contribution is 5.49. The maximum Gasteiger partial charge on any atom is 0.290 e. The first-order chi connectivity index (χ1) is 13.6. The Labute approximate surface area is 165 Å². The molecule has 7 nitrogen and oxygen atoms in total. The number of pyridine rings is 1. The molecule has 2 aliphatic rings. The van der Waals surface area contributed by atoms with Crippen LogP contribution in [0, 0.1) is 23.0 Å². The van der Waals surface area contributed by atoms with Crippen LogP contribution in [0.15, 0.2) is 36.4 Å². The highest BCUT2D eigenvalue weighted by atomic mass is 16.6. The lowest BCUT2D eigenvalue weighted by molar-refractivity contribution is -0.385. The van der Waals surface area contributed by atoms with Crippen molar-refractivity contribution in [1.29, 1.82) is 0 Å². The Hall–Kier alpha value is -2.67. The van der Waals surface area contributed by atoms with E-state index in [-0.39, 0.29) is 5.69 Å². The number of hydrogen-bond donors (Lipinski definition) is 1. The van der Waals surface area contributed by atoms with E-state index in [1.165, 1.54) is 31.1 Å². The van der Waals surface area contributed by atoms with E-state index in [1.807, 2.05) is 0 Å². The number of aromatic nitrogens is 1. The van der Waals surface area contributed by atoms with Crippen LogP contribution in [0.4, 0.5) is 17.2 Å². The first-order valence-corrected chi connectivity index (χ1v) is 10.0. The van der Waals surface area contributed by atoms with E-state index in [4.69, 9.17) is 0 Å². The van der Waals surface area contributed by atoms with Crippen molar-refractivity contribution in [3.8, 4) is 0 Å². The number of aryl methyl sites for hydroxylation is 1. The second-order valence-electron chi connectivity index (χ2n) is 7.81. The number of anilines is 2. The standard InChI is InChI=1S/C21H27N5O2/c1-16-20(26(27)28)8-9-21(23-16)22-14-17-4-6-19(7-5-17)25-12-10-24(11-13-25)15-18-2-3-18/h4-9,18H,2-3,10-15H2,1H3,(H,22,23). The Morgan fingerprint density at radius 1 is 1.11 bits per heavy atom. The molecule has 1 aliphatic heterocycles. The van der Waals surface area contributed by atoms with Gasteiger partial charge < -0.3 is 10.2 Å². The van der Waals surface area contributed by atoms with Crippen molar-refractivity contribution in [2.75, 3.05) is 42.9 Å². The van der Waals surface area contributed by atoms with E-state index in [0.717, 1.165) is 37.7 Å². The fraction of sp³-hybridized carbons (Fsp3) is 0.476. The van der Waals surface area contributed by atoms with Crippen LogP contribution in [0.5, 0.6) is 0 Å². The number of nitrogens with zero attached hydrogens (tertiary/aromatic N) is 4. The zero-order chi connectivity index (χ0) is 19.5. The van der Waals surface area contributed by atoms with Gasteiger partial charge in [-0.15, -0.1) is 0 Å². The predicted molar refractivity (Wildman–Crippen MR) is 111 cm³/mol. The van der Waals surface area contributed by atoms with E-state index in [2.05, 4.69) is 44.4 Å². The first kappa shape index (κ1) is 18.7. The van der Waals surface area contributed by atoms with Gasteiger partial charge in [0.1, 0.15) is 11.5 Å². The molecule has 7 heteroatoms. The van der Waals surface area contributed by atoms with Gasteiger partial charge in [0.2, 0.25) is 0 Å². The molecule has 1 aliphatic carbocycles. The molecule has 2 heterocycles. The Bertz CT molecular complexity index is 827. The molecule has 1 aromatic carbocycles. The normalized spacial score (nSPS) is 17.5. The van der Waals surface area contributed by atoms with Gasteiger partial charge in [0.25, 0.3) is 5.69 Å². The van der Waals surface area contributed by atoms with Gasteiger partial charge in [-0.2, -0.15) is 0 Å². The van der Waals surface area contributed by atoms with E-state index in [9.17, 15) is 10.1 Å². The molecule has 28 heavy (non-hydrogen) atoms. The summed E-state index contributed by atoms with van der Waals surface area (Å²) in [5.74, 6) is 1.62. The van der Waals surface area contributed by atoms with Crippen LogP contribution in [0.2, 0.25) is 0 Å². The molecule has 0 unspecified atom stereocenters. The van der Waals surface area contributed by atoms with Crippen molar-refractivity contribution in [1.82, 2.24) is 9.88 Å². The van der Waals surface area contributed by atoms with Gasteiger partial charge in [0.15, 0.2) is 0 Å². The van der Waals surface area contributed by atoms with Crippen molar-refractivity contribution < 1.29 is 4.92 Å². The monoisotopic (exact) mass is 381 g/mol. The molecule has 0 atom stereocenters. The summed E-state index contributed by atoms with van der Waals surface area (Å²) in [5.41, 5.74) is 2.91. The van der Waals surface area contributed by atoms with Crippen molar-refractivity contribution >= 4 is 17.2 Å². The zero-order valence-electron chi connectivity index (χ0n) is 16.3. The van der Waals surface area contributed by atoms with Crippen molar-refractivity contribution in [2.45, 2.75) is 26.3 Å². The van der Waals surface area contributed by atoms with Crippen LogP contribution in [-0.4, -0.2) is 47.5 Å². The molecule has 4 rings (SSSR count). The number of benzene rings is 1. The van der Waals surface area contributed by atoms with Gasteiger partial charge in [0.05, 0.1) is 4.92 Å². The summed E-state index contributed by atoms with van der Waals surface area (Å²) in [5, 5.41) is 14.1. The number of hydrogen-bond acceptors (Lipinski definition) is 6. The van der Waals surface area contributed by atoms with Gasteiger partial charge in [-0.05, 0) is 49.4 Å². The quantitative estimate of drug-likeness (QED) is 0.585. The van der Waals surface area contributed by atoms with Gasteiger partial charge in [0, 0.05) is 51.0 Å². The average Bonchev–Trinajstić information content (AvgIpc) is 3.51. The SMILES string of the molecule is Cc1nc(NCc2ccc(N3CCN(CC4CC4)CC3)cc2)ccc1[N+](=O)[O-]. The molecular formula is C21H27N5O2. The average molecular weight is 381 g/mol. The van der Waals surface area contributed by atoms with Crippen LogP contribution in [-0.2, 0) is 6.54 Å². The lowest BCUT2D eigenvalue weighted by atomic mass is 10.1. The maximum atomic E-state index is 10.9. The van der Waals surface area contributed by atoms with Gasteiger partial charge in [-0.3, -0.25) is 15.0 Å². The summed E-state index contributed by atoms with van der Waals surface area (Å²) in [6.07, 6.45) is 2.84. The summed E-state index contributed by atoms with van der Waals surface area (Å²) in [6, 6.07) is 11.8. The summed E-state index contributed by atoms with van der Waals surface area (Å²) >= 11 is 0. The number of nitrogens with one attached hydrogen (secondary N) is 1. The van der Waals surface area contributed by atoms with Crippen molar-refractivity contribution in [3.63, 3.8) is 0 Å². The Morgan fingerprint density at radius 3 is 2.43 bits per heavy atom. The van der Waals surface area contributed by atoms with Crippen LogP contribution in [0.1, 0.15) is 24.1 Å². The Balaban J connectivity index is 1.29. The predicted octanol–water partition coefficient (Wildman–Crippen LogP) is 3.44. The molecule has 0 bridgehead atoms. The molecule has 148 valence electrons. The fourth-order valence-corrected chi connectivity index (χ4v) is 3.72. The van der Waals surface area contributed by atoms with Crippen LogP contribution < -0.4 is 10.2 Å². The fourth-order valence-electron chi connectivity index (χ4n) is 3.72. The molecule has 1 saturated carbocycles. The third kappa shape index (κ3) is 4.59. The summed E-state index contributed by atoms with van der Waals surface area (Å²) in [4.78, 5) is 19.8. The van der Waals surface area contributed by atoms with E-state index >= 15 is 0 Å². The minimum absolute atomic E-state index is 0.0483. The zero-order valence-corrected chi connectivity index (χ0v) is 16.3. The largest absolute Gasteiger partial charge is 0.369 e. The lowest BCUT2D eigenvalue weighted by Gasteiger charge is -2.36. The summed E-state index contributed by atoms with van der Waals surface area (Å²) in [7, 11) is 0. The van der Waals surface area contributed by atoms with E-state index < -0.39 is 4.92 Å². The topological polar surface area (TPSA) is 74.5 Å². The van der Waals surface area contributed by atoms with Crippen molar-refractivity contribution in [3.05, 3.63) is 57.8 Å². The van der Waals surface area contributed by atoms with Crippen molar-refractivity contribution in [2.24, 2.45) is 5.92 Å². The first-order valence-electron chi connectivity index (χ1n) is 10.0. The Morgan fingerprint density at radius 2 is 1.82 bits per heavy atom. The van der Waals surface area contributed by atoms with Crippen LogP contribution in [0.3, 0.4) is 0 Å². The summed E-state index contributed by atoms with van der Waals surface area (Å²) < 4.78 is 0. The molecule has 0 radical (unpaired) electrons. The smallest absolute Gasteiger partial charge is 0.290 e. The van der Waals surface area contributed by atoms with Gasteiger partial charge in [-0.1, -0.05) is 12.1 Å². The molecule has 0 amide bonds. The van der Waals surface area contributed by atoms with E-state index in [0.29, 0.717) is 18.1 Å². The minimum atomic E-state index is -0.406. The van der Waals surface area contributed by atoms with Gasteiger partial charge in [-0.25, -0.2) is 4.98 Å². The summed E-state index contributed by atoms with van der Waals surface area (Å²) in [6.45, 7) is 8.08. The molecular weight excluding hydrogens is 354 g/mol. The third-order valence-electron chi connectivity index (χ3n) is 5.62. The molecule has 1 N–H and O–H groups in total. The molecule has 2 fully saturated rings. The second kappa shape index (κ2) is 8.14. The molecule has 2 aromatic rings. The minimum Gasteiger partial charge on any atom is -0.369 e. The lowest BCUT2D eigenvalue weighted by Crippen LogP contribution is -2.47. The molecule has 1 aromatic heterocycles. The molecule has 1 saturated heterocycles. The maximum absolute atomic E-state index is 10.9. The molecule has 0 spiro atoms. The Kier molecular flexibility index (Phi) is 5.43. The number of rotatable bonds is 7. The second-order valence-corrected chi connectivity index (χ2v) is 7.81. The highest BCUT2D eigenvalue weighted by Gasteiger charge is 2.26. The third-order valence-corrected chi connectivity index (χ3v) is 5.62.